The predicted octanol–water partition coefficient (Wildman–Crippen LogP) is 9.06. The average molecular weight is 1390 g/mol. The van der Waals surface area contributed by atoms with E-state index in [1.54, 1.807) is 29.3 Å². The Morgan fingerprint density at radius 1 is 0.381 bits per heavy atom. The number of sulfonamides is 3. The molecule has 6 aliphatic rings. The lowest BCUT2D eigenvalue weighted by Crippen LogP contribution is -2.27. The zero-order chi connectivity index (χ0) is 61.8. The molecule has 456 valence electrons. The van der Waals surface area contributed by atoms with Gasteiger partial charge in [-0.05, 0) is 121 Å². The van der Waals surface area contributed by atoms with Crippen LogP contribution in [-0.2, 0) is 90.1 Å². The molecule has 0 atom stereocenters. The minimum atomic E-state index is -3.75. The van der Waals surface area contributed by atoms with Gasteiger partial charge in [-0.25, -0.2) is 80.7 Å². The Labute approximate surface area is 518 Å². The Balaban J connectivity index is 0.000000169. The number of ether oxygens (including phenoxy) is 4. The predicted molar refractivity (Wildman–Crippen MR) is 333 cm³/mol. The SMILES string of the molecule is CS(=O)(=O)Cl.CS(=O)(=O)N1CCc2cc(S(=O)(=O)c3ccc4c(c3)OCCO4)ccc21.CS(=O)(=O)N1CCc2ccccc21.CS(=O)(=O)N1CCc2ccccc21.O=S(=O)(Cl)c1ccc2c(c1)OCCO2.[Cl][Al]([Cl])[Cl].c1ccc2c(c1)CCC2. The van der Waals surface area contributed by atoms with E-state index in [-0.39, 0.29) is 14.7 Å². The molecule has 0 radical (unpaired) electrons. The maximum absolute atomic E-state index is 13.0. The monoisotopic (exact) mass is 1390 g/mol. The van der Waals surface area contributed by atoms with Crippen LogP contribution in [0, 0.1) is 0 Å². The Kier molecular flexibility index (Phi) is 24.2. The number of hydrogen-bond acceptors (Lipinski definition) is 16. The Bertz CT molecular complexity index is 3900. The van der Waals surface area contributed by atoms with Crippen molar-refractivity contribution in [2.24, 2.45) is 0 Å². The summed E-state index contributed by atoms with van der Waals surface area (Å²) in [7, 11) is 4.33. The van der Waals surface area contributed by atoms with Crippen LogP contribution in [0.15, 0.2) is 142 Å². The third-order valence-corrected chi connectivity index (χ3v) is 19.4. The lowest BCUT2D eigenvalue weighted by atomic mass is 10.1. The van der Waals surface area contributed by atoms with Crippen LogP contribution in [0.4, 0.5) is 17.1 Å². The van der Waals surface area contributed by atoms with E-state index < -0.39 is 69.4 Å². The molecule has 0 bridgehead atoms. The molecule has 6 aromatic rings. The zero-order valence-corrected chi connectivity index (χ0v) is 55.4. The highest BCUT2D eigenvalue weighted by atomic mass is 35.8. The first-order chi connectivity index (χ1) is 39.2. The summed E-state index contributed by atoms with van der Waals surface area (Å²) in [6.45, 7) is 3.17. The number of rotatable bonds is 6. The van der Waals surface area contributed by atoms with Crippen molar-refractivity contribution in [2.45, 2.75) is 53.2 Å². The molecular weight excluding hydrogens is 1330 g/mol. The third-order valence-electron chi connectivity index (χ3n) is 12.7. The molecule has 84 heavy (non-hydrogen) atoms. The second kappa shape index (κ2) is 29.5. The molecule has 19 nitrogen and oxygen atoms in total. The number of para-hydroxylation sites is 2. The number of sulfone groups is 1. The zero-order valence-electron chi connectivity index (χ0n) is 45.6. The number of halogens is 5. The van der Waals surface area contributed by atoms with Crippen molar-refractivity contribution in [1.82, 2.24) is 0 Å². The van der Waals surface area contributed by atoms with E-state index in [1.807, 2.05) is 48.5 Å². The number of anilines is 3. The first kappa shape index (κ1) is 68.7. The molecule has 0 fully saturated rings. The minimum Gasteiger partial charge on any atom is -0.486 e. The maximum Gasteiger partial charge on any atom is 0.643 e. The van der Waals surface area contributed by atoms with Gasteiger partial charge in [-0.2, -0.15) is 0 Å². The number of aryl methyl sites for hydroxylation is 2. The summed E-state index contributed by atoms with van der Waals surface area (Å²) in [5, 5.41) is 0. The molecule has 0 saturated carbocycles. The summed E-state index contributed by atoms with van der Waals surface area (Å²) < 4.78 is 161. The third kappa shape index (κ3) is 20.1. The van der Waals surface area contributed by atoms with Crippen LogP contribution in [-0.4, -0.2) is 133 Å². The second-order valence-electron chi connectivity index (χ2n) is 18.9. The molecule has 6 aromatic carbocycles. The van der Waals surface area contributed by atoms with Crippen LogP contribution >= 0.6 is 51.5 Å². The number of benzene rings is 6. The lowest BCUT2D eigenvalue weighted by Gasteiger charge is -2.19. The fourth-order valence-corrected chi connectivity index (χ4v) is 14.1. The fourth-order valence-electron chi connectivity index (χ4n) is 9.18. The van der Waals surface area contributed by atoms with E-state index in [1.165, 1.54) is 81.1 Å². The molecule has 0 N–H and O–H groups in total. The van der Waals surface area contributed by atoms with Gasteiger partial charge >= 0.3 is 11.4 Å². The Hall–Kier alpha value is -4.40. The van der Waals surface area contributed by atoms with Gasteiger partial charge in [0, 0.05) is 53.1 Å². The average Bonchev–Trinajstić information content (AvgIpc) is 2.93. The van der Waals surface area contributed by atoms with E-state index >= 15 is 0 Å². The smallest absolute Gasteiger partial charge is 0.486 e. The number of hydrogen-bond donors (Lipinski definition) is 0. The molecule has 0 aromatic heterocycles. The molecule has 5 heterocycles. The Morgan fingerprint density at radius 3 is 1.08 bits per heavy atom. The van der Waals surface area contributed by atoms with Gasteiger partial charge in [0.05, 0.1) is 56.8 Å². The van der Waals surface area contributed by atoms with Crippen LogP contribution in [0.2, 0.25) is 0 Å². The van der Waals surface area contributed by atoms with Crippen LogP contribution in [0.1, 0.15) is 34.2 Å². The normalized spacial score (nSPS) is 15.2. The van der Waals surface area contributed by atoms with E-state index in [9.17, 15) is 50.5 Å². The van der Waals surface area contributed by atoms with Crippen molar-refractivity contribution >= 4 is 138 Å². The summed E-state index contributed by atoms with van der Waals surface area (Å²) in [5.74, 6) is 1.88. The van der Waals surface area contributed by atoms with E-state index in [0.29, 0.717) is 86.7 Å². The van der Waals surface area contributed by atoms with Gasteiger partial charge in [0.1, 0.15) is 26.4 Å². The van der Waals surface area contributed by atoms with Crippen molar-refractivity contribution in [1.29, 1.82) is 0 Å². The highest BCUT2D eigenvalue weighted by Gasteiger charge is 2.30. The minimum absolute atomic E-state index is 0.0171. The van der Waals surface area contributed by atoms with Gasteiger partial charge < -0.3 is 18.9 Å². The van der Waals surface area contributed by atoms with Crippen LogP contribution < -0.4 is 31.9 Å². The Morgan fingerprint density at radius 2 is 0.690 bits per heavy atom. The summed E-state index contributed by atoms with van der Waals surface area (Å²) in [6, 6.07) is 37.3. The van der Waals surface area contributed by atoms with E-state index in [0.717, 1.165) is 47.9 Å². The second-order valence-corrected chi connectivity index (χ2v) is 38.6. The van der Waals surface area contributed by atoms with Crippen LogP contribution in [0.5, 0.6) is 23.0 Å². The molecule has 0 amide bonds. The van der Waals surface area contributed by atoms with Crippen LogP contribution in [0.3, 0.4) is 0 Å². The summed E-state index contributed by atoms with van der Waals surface area (Å²) in [4.78, 5) is 0.256. The van der Waals surface area contributed by atoms with Crippen molar-refractivity contribution in [3.63, 3.8) is 0 Å². The van der Waals surface area contributed by atoms with Crippen molar-refractivity contribution < 1.29 is 69.5 Å². The molecule has 1 aliphatic carbocycles. The van der Waals surface area contributed by atoms with Gasteiger partial charge in [0.25, 0.3) is 9.05 Å². The maximum atomic E-state index is 13.0. The summed E-state index contributed by atoms with van der Waals surface area (Å²) in [5.41, 5.74) is 8.29. The summed E-state index contributed by atoms with van der Waals surface area (Å²) in [6.07, 6.45) is 10.6. The lowest BCUT2D eigenvalue weighted by molar-refractivity contribution is 0.171. The van der Waals surface area contributed by atoms with Gasteiger partial charge in [0.2, 0.25) is 49.0 Å². The standard InChI is InChI=1S/C17H17NO6S2.2C9H11NO2S.C9H10.C8H7ClO4S.CH3ClO2S.Al.3ClH/c1-25(19,20)18-7-6-12-10-13(2-4-15(12)18)26(21,22)14-3-5-16-17(11-14)24-9-8-23-16;2*1-13(11,12)10-7-6-8-4-2-3-5-9(8)10;1-2-5-9-7-3-6-8(9)4-1;9-14(10,11)6-1-2-7-8(5-6)13-4-3-12-7;1-5(2,3)4;;;;/h2-5,10-11H,6-9H2,1H3;2*2-5H,6-7H2,1H3;1-2,4-5H,3,6-7H2;1-2,5H,3-4H2;1H3;;3*1H/q;;;;;;+3;;;/p-3. The molecule has 12 rings (SSSR count). The van der Waals surface area contributed by atoms with Gasteiger partial charge in [0.15, 0.2) is 23.0 Å². The molecular formula is C53H59AlCl5N3O16S6. The largest absolute Gasteiger partial charge is 0.643 e. The number of nitrogens with zero attached hydrogens (tertiary/aromatic N) is 3. The summed E-state index contributed by atoms with van der Waals surface area (Å²) >= 11 is -1.72. The first-order valence-electron chi connectivity index (χ1n) is 25.3. The quantitative estimate of drug-likeness (QED) is 0.111. The van der Waals surface area contributed by atoms with Gasteiger partial charge in [-0.1, -0.05) is 60.7 Å². The molecule has 5 aliphatic heterocycles. The highest BCUT2D eigenvalue weighted by Crippen LogP contribution is 2.38. The van der Waals surface area contributed by atoms with Crippen molar-refractivity contribution in [3.05, 3.63) is 155 Å². The van der Waals surface area contributed by atoms with Crippen molar-refractivity contribution in [2.75, 3.05) is 84.0 Å². The molecule has 0 spiro atoms. The fraction of sp³-hybridized carbons (Fsp3) is 0.321. The molecule has 0 unspecified atom stereocenters. The topological polar surface area (TPSA) is 251 Å². The molecule has 0 saturated heterocycles. The van der Waals surface area contributed by atoms with Gasteiger partial charge in [-0.15, -0.1) is 0 Å². The van der Waals surface area contributed by atoms with Crippen molar-refractivity contribution in [3.8, 4) is 23.0 Å². The van der Waals surface area contributed by atoms with E-state index in [2.05, 4.69) is 34.9 Å². The molecule has 31 heteroatoms. The van der Waals surface area contributed by atoms with Crippen LogP contribution in [0.25, 0.3) is 0 Å². The van der Waals surface area contributed by atoms with Gasteiger partial charge in [-0.3, -0.25) is 12.9 Å². The number of fused-ring (bicyclic) bond motifs is 6. The first-order valence-corrected chi connectivity index (χ1v) is 42.6. The highest BCUT2D eigenvalue weighted by molar-refractivity contribution is 8.13. The van der Waals surface area contributed by atoms with E-state index in [4.69, 9.17) is 59.8 Å².